The first kappa shape index (κ1) is 25.2. The zero-order valence-corrected chi connectivity index (χ0v) is 20.5. The summed E-state index contributed by atoms with van der Waals surface area (Å²) in [4.78, 5) is 8.26. The van der Waals surface area contributed by atoms with Crippen LogP contribution in [0.1, 0.15) is 18.2 Å². The third kappa shape index (κ3) is 4.25. The SMILES string of the molecule is CCS(=O)(=O)c1c(-c2nc3cc(C(F)(F)F)cnc3n2C)sc2cc(-n3ccc(C(F)(F)F)n3)ccc12. The summed E-state index contributed by atoms with van der Waals surface area (Å²) >= 11 is 1.00. The van der Waals surface area contributed by atoms with Crippen LogP contribution in [0.3, 0.4) is 0 Å². The number of sulfone groups is 1. The van der Waals surface area contributed by atoms with Crippen LogP contribution in [0, 0.1) is 0 Å². The summed E-state index contributed by atoms with van der Waals surface area (Å²) in [6.45, 7) is 1.45. The van der Waals surface area contributed by atoms with E-state index >= 15 is 0 Å². The number of nitrogens with zero attached hydrogens (tertiary/aromatic N) is 5. The van der Waals surface area contributed by atoms with Gasteiger partial charge in [0, 0.05) is 29.5 Å². The largest absolute Gasteiger partial charge is 0.435 e. The first-order chi connectivity index (χ1) is 17.2. The van der Waals surface area contributed by atoms with Crippen molar-refractivity contribution in [3.8, 4) is 16.4 Å². The van der Waals surface area contributed by atoms with Gasteiger partial charge in [-0.15, -0.1) is 11.3 Å². The summed E-state index contributed by atoms with van der Waals surface area (Å²) in [6, 6.07) is 6.05. The van der Waals surface area contributed by atoms with Crippen LogP contribution < -0.4 is 0 Å². The van der Waals surface area contributed by atoms with Gasteiger partial charge in [0.1, 0.15) is 5.52 Å². The Bertz CT molecular complexity index is 1780. The average molecular weight is 560 g/mol. The minimum absolute atomic E-state index is 0.0625. The molecule has 5 aromatic rings. The van der Waals surface area contributed by atoms with Crippen molar-refractivity contribution in [2.75, 3.05) is 5.75 Å². The summed E-state index contributed by atoms with van der Waals surface area (Å²) in [5.74, 6) is -0.169. The predicted molar refractivity (Wildman–Crippen MR) is 124 cm³/mol. The van der Waals surface area contributed by atoms with Gasteiger partial charge in [0.05, 0.1) is 26.8 Å². The van der Waals surface area contributed by atoms with E-state index in [1.165, 1.54) is 36.7 Å². The van der Waals surface area contributed by atoms with Crippen molar-refractivity contribution in [2.45, 2.75) is 24.2 Å². The maximum Gasteiger partial charge on any atom is 0.435 e. The third-order valence-electron chi connectivity index (χ3n) is 5.70. The van der Waals surface area contributed by atoms with E-state index in [4.69, 9.17) is 0 Å². The predicted octanol–water partition coefficient (Wildman–Crippen LogP) is 5.87. The Labute approximate surface area is 208 Å². The number of imidazole rings is 1. The maximum atomic E-state index is 13.2. The van der Waals surface area contributed by atoms with Crippen molar-refractivity contribution in [1.29, 1.82) is 0 Å². The Kier molecular flexibility index (Phi) is 5.64. The van der Waals surface area contributed by atoms with Crippen LogP contribution in [-0.2, 0) is 29.2 Å². The van der Waals surface area contributed by atoms with Crippen LogP contribution in [-0.4, -0.2) is 38.5 Å². The van der Waals surface area contributed by atoms with Crippen LogP contribution in [0.5, 0.6) is 0 Å². The summed E-state index contributed by atoms with van der Waals surface area (Å²) < 4.78 is 108. The van der Waals surface area contributed by atoms with E-state index < -0.39 is 33.4 Å². The quantitative estimate of drug-likeness (QED) is 0.258. The summed E-state index contributed by atoms with van der Waals surface area (Å²) in [5.41, 5.74) is -1.76. The number of aromatic nitrogens is 5. The van der Waals surface area contributed by atoms with Crippen LogP contribution in [0.25, 0.3) is 37.6 Å². The van der Waals surface area contributed by atoms with E-state index in [0.717, 1.165) is 34.3 Å². The van der Waals surface area contributed by atoms with E-state index in [1.807, 2.05) is 0 Å². The van der Waals surface area contributed by atoms with Gasteiger partial charge in [-0.25, -0.2) is 23.1 Å². The molecule has 0 aliphatic carbocycles. The molecule has 0 amide bonds. The molecule has 0 atom stereocenters. The molecule has 0 radical (unpaired) electrons. The van der Waals surface area contributed by atoms with Crippen LogP contribution in [0.4, 0.5) is 26.3 Å². The summed E-state index contributed by atoms with van der Waals surface area (Å²) in [5, 5.41) is 3.85. The fraction of sp³-hybridized carbons (Fsp3) is 0.227. The smallest absolute Gasteiger partial charge is 0.311 e. The van der Waals surface area contributed by atoms with Gasteiger partial charge >= 0.3 is 12.4 Å². The highest BCUT2D eigenvalue weighted by molar-refractivity contribution is 7.92. The van der Waals surface area contributed by atoms with Crippen molar-refractivity contribution in [3.63, 3.8) is 0 Å². The Morgan fingerprint density at radius 1 is 1.03 bits per heavy atom. The normalized spacial score (nSPS) is 13.2. The number of alkyl halides is 6. The van der Waals surface area contributed by atoms with Gasteiger partial charge < -0.3 is 4.57 Å². The monoisotopic (exact) mass is 559 g/mol. The van der Waals surface area contributed by atoms with Crippen molar-refractivity contribution >= 4 is 42.4 Å². The molecule has 0 spiro atoms. The second-order valence-corrected chi connectivity index (χ2v) is 11.3. The second-order valence-electron chi connectivity index (χ2n) is 8.05. The standard InChI is InChI=1S/C22H15F6N5O2S2/c1-3-37(34,35)18-13-5-4-12(33-7-6-16(31-33)22(26,27)28)9-15(13)36-17(18)20-30-14-8-11(21(23,24)25)10-29-19(14)32(20)2/h4-10H,3H2,1-2H3. The molecular weight excluding hydrogens is 544 g/mol. The molecule has 0 aliphatic rings. The highest BCUT2D eigenvalue weighted by Crippen LogP contribution is 2.43. The lowest BCUT2D eigenvalue weighted by Gasteiger charge is -2.06. The molecule has 1 aromatic carbocycles. The van der Waals surface area contributed by atoms with Crippen molar-refractivity contribution in [1.82, 2.24) is 24.3 Å². The third-order valence-corrected chi connectivity index (χ3v) is 8.79. The van der Waals surface area contributed by atoms with Gasteiger partial charge in [0.2, 0.25) is 0 Å². The molecule has 15 heteroatoms. The molecule has 194 valence electrons. The Morgan fingerprint density at radius 3 is 2.38 bits per heavy atom. The zero-order valence-electron chi connectivity index (χ0n) is 18.9. The lowest BCUT2D eigenvalue weighted by atomic mass is 10.2. The number of halogens is 6. The van der Waals surface area contributed by atoms with E-state index in [9.17, 15) is 34.8 Å². The fourth-order valence-electron chi connectivity index (χ4n) is 3.86. The number of benzene rings is 1. The molecule has 4 heterocycles. The number of rotatable bonds is 4. The van der Waals surface area contributed by atoms with Gasteiger partial charge in [-0.3, -0.25) is 0 Å². The fourth-order valence-corrected chi connectivity index (χ4v) is 6.76. The number of hydrogen-bond acceptors (Lipinski definition) is 6. The first-order valence-electron chi connectivity index (χ1n) is 10.5. The van der Waals surface area contributed by atoms with Gasteiger partial charge in [0.15, 0.2) is 27.0 Å². The molecule has 5 rings (SSSR count). The number of aryl methyl sites for hydroxylation is 1. The second kappa shape index (κ2) is 8.28. The minimum atomic E-state index is -4.64. The molecule has 7 nitrogen and oxygen atoms in total. The van der Waals surface area contributed by atoms with Gasteiger partial charge in [-0.1, -0.05) is 13.0 Å². The summed E-state index contributed by atoms with van der Waals surface area (Å²) in [6.07, 6.45) is -7.46. The molecule has 4 aromatic heterocycles. The molecule has 0 unspecified atom stereocenters. The lowest BCUT2D eigenvalue weighted by Crippen LogP contribution is -2.07. The van der Waals surface area contributed by atoms with E-state index in [-0.39, 0.29) is 38.2 Å². The van der Waals surface area contributed by atoms with E-state index in [1.54, 1.807) is 0 Å². The van der Waals surface area contributed by atoms with Gasteiger partial charge in [0.25, 0.3) is 0 Å². The first-order valence-corrected chi connectivity index (χ1v) is 13.0. The number of fused-ring (bicyclic) bond motifs is 2. The maximum absolute atomic E-state index is 13.2. The van der Waals surface area contributed by atoms with Crippen LogP contribution in [0.2, 0.25) is 0 Å². The van der Waals surface area contributed by atoms with Crippen LogP contribution in [0.15, 0.2) is 47.6 Å². The van der Waals surface area contributed by atoms with E-state index in [0.29, 0.717) is 16.3 Å². The molecule has 0 bridgehead atoms. The van der Waals surface area contributed by atoms with Crippen LogP contribution >= 0.6 is 11.3 Å². The highest BCUT2D eigenvalue weighted by Gasteiger charge is 2.34. The molecule has 0 fully saturated rings. The number of thiophene rings is 1. The molecular formula is C22H15F6N5O2S2. The molecule has 0 aliphatic heterocycles. The van der Waals surface area contributed by atoms with Crippen molar-refractivity contribution in [3.05, 3.63) is 54.0 Å². The average Bonchev–Trinajstić information content (AvgIpc) is 3.53. The Balaban J connectivity index is 1.73. The summed E-state index contributed by atoms with van der Waals surface area (Å²) in [7, 11) is -2.35. The Morgan fingerprint density at radius 2 is 1.76 bits per heavy atom. The zero-order chi connectivity index (χ0) is 26.9. The van der Waals surface area contributed by atoms with Crippen molar-refractivity contribution < 1.29 is 34.8 Å². The number of hydrogen-bond donors (Lipinski definition) is 0. The van der Waals surface area contributed by atoms with E-state index in [2.05, 4.69) is 15.1 Å². The minimum Gasteiger partial charge on any atom is -0.311 e. The van der Waals surface area contributed by atoms with Gasteiger partial charge in [-0.2, -0.15) is 31.4 Å². The van der Waals surface area contributed by atoms with Crippen molar-refractivity contribution in [2.24, 2.45) is 7.05 Å². The Hall–Kier alpha value is -3.46. The van der Waals surface area contributed by atoms with Gasteiger partial charge in [-0.05, 0) is 24.3 Å². The lowest BCUT2D eigenvalue weighted by molar-refractivity contribution is -0.141. The molecule has 0 saturated heterocycles. The topological polar surface area (TPSA) is 82.7 Å². The molecule has 37 heavy (non-hydrogen) atoms. The number of pyridine rings is 1. The molecule has 0 N–H and O–H groups in total. The molecule has 0 saturated carbocycles. The highest BCUT2D eigenvalue weighted by atomic mass is 32.2.